The number of hydrogen-bond donors (Lipinski definition) is 1. The van der Waals surface area contributed by atoms with Gasteiger partial charge in [-0.1, -0.05) is 43.3 Å². The molecule has 21 heavy (non-hydrogen) atoms. The molecule has 2 heteroatoms. The zero-order valence-corrected chi connectivity index (χ0v) is 13.1. The molecule has 0 aromatic heterocycles. The Hall–Kier alpha value is -1.67. The van der Waals surface area contributed by atoms with Crippen molar-refractivity contribution in [3.63, 3.8) is 0 Å². The first-order chi connectivity index (χ1) is 10.1. The summed E-state index contributed by atoms with van der Waals surface area (Å²) in [7, 11) is 0. The summed E-state index contributed by atoms with van der Waals surface area (Å²) in [5.74, 6) is 0.0532. The first kappa shape index (κ1) is 15.7. The Balaban J connectivity index is 2.24. The summed E-state index contributed by atoms with van der Waals surface area (Å²) in [6.45, 7) is 8.02. The van der Waals surface area contributed by atoms with Crippen LogP contribution in [0.3, 0.4) is 0 Å². The van der Waals surface area contributed by atoms with E-state index in [0.29, 0.717) is 0 Å². The average molecular weight is 285 g/mol. The highest BCUT2D eigenvalue weighted by atomic mass is 19.1. The highest BCUT2D eigenvalue weighted by Gasteiger charge is 2.16. The maximum Gasteiger partial charge on any atom is 0.126 e. The van der Waals surface area contributed by atoms with E-state index in [0.717, 1.165) is 25.1 Å². The maximum absolute atomic E-state index is 14.1. The number of rotatable bonds is 6. The molecule has 112 valence electrons. The largest absolute Gasteiger partial charge is 0.316 e. The molecule has 0 amide bonds. The van der Waals surface area contributed by atoms with Crippen LogP contribution in [0, 0.1) is 19.7 Å². The van der Waals surface area contributed by atoms with Gasteiger partial charge in [0.1, 0.15) is 5.82 Å². The van der Waals surface area contributed by atoms with Crippen molar-refractivity contribution >= 4 is 0 Å². The van der Waals surface area contributed by atoms with Crippen LogP contribution < -0.4 is 5.32 Å². The van der Waals surface area contributed by atoms with Gasteiger partial charge in [-0.05, 0) is 55.1 Å². The van der Waals surface area contributed by atoms with Crippen molar-refractivity contribution in [2.24, 2.45) is 0 Å². The van der Waals surface area contributed by atoms with E-state index < -0.39 is 0 Å². The molecule has 0 saturated carbocycles. The van der Waals surface area contributed by atoms with Gasteiger partial charge in [-0.3, -0.25) is 0 Å². The molecule has 0 aliphatic heterocycles. The van der Waals surface area contributed by atoms with Crippen molar-refractivity contribution in [3.8, 4) is 0 Å². The lowest BCUT2D eigenvalue weighted by molar-refractivity contribution is 0.544. The second-order valence-corrected chi connectivity index (χ2v) is 5.65. The van der Waals surface area contributed by atoms with E-state index in [1.54, 1.807) is 12.1 Å². The average Bonchev–Trinajstić information content (AvgIpc) is 2.48. The van der Waals surface area contributed by atoms with E-state index in [2.05, 4.69) is 44.3 Å². The van der Waals surface area contributed by atoms with Gasteiger partial charge >= 0.3 is 0 Å². The van der Waals surface area contributed by atoms with Crippen molar-refractivity contribution in [2.75, 3.05) is 13.1 Å². The third kappa shape index (κ3) is 4.15. The van der Waals surface area contributed by atoms with Gasteiger partial charge in [0.05, 0.1) is 0 Å². The molecule has 0 aliphatic rings. The van der Waals surface area contributed by atoms with Gasteiger partial charge in [-0.15, -0.1) is 0 Å². The van der Waals surface area contributed by atoms with Crippen LogP contribution in [0.4, 0.5) is 4.39 Å². The van der Waals surface area contributed by atoms with Gasteiger partial charge in [0.15, 0.2) is 0 Å². The zero-order valence-electron chi connectivity index (χ0n) is 13.1. The van der Waals surface area contributed by atoms with Crippen LogP contribution in [0.25, 0.3) is 0 Å². The van der Waals surface area contributed by atoms with E-state index in [1.165, 1.54) is 16.7 Å². The topological polar surface area (TPSA) is 12.0 Å². The Bertz CT molecular complexity index is 592. The SMILES string of the molecule is CCNCC(Cc1ccc(C)c(C)c1)c1ccccc1F. The minimum Gasteiger partial charge on any atom is -0.316 e. The fourth-order valence-electron chi connectivity index (χ4n) is 2.63. The highest BCUT2D eigenvalue weighted by molar-refractivity contribution is 5.32. The molecule has 1 unspecified atom stereocenters. The van der Waals surface area contributed by atoms with Crippen LogP contribution in [0.15, 0.2) is 42.5 Å². The molecule has 0 saturated heterocycles. The third-order valence-corrected chi connectivity index (χ3v) is 4.04. The number of nitrogens with one attached hydrogen (secondary N) is 1. The van der Waals surface area contributed by atoms with E-state index in [9.17, 15) is 4.39 Å². The molecule has 1 atom stereocenters. The fourth-order valence-corrected chi connectivity index (χ4v) is 2.63. The molecule has 1 N–H and O–H groups in total. The molecule has 0 aliphatic carbocycles. The molecule has 0 bridgehead atoms. The quantitative estimate of drug-likeness (QED) is 0.830. The van der Waals surface area contributed by atoms with Gasteiger partial charge < -0.3 is 5.32 Å². The maximum atomic E-state index is 14.1. The van der Waals surface area contributed by atoms with Crippen molar-refractivity contribution in [1.29, 1.82) is 0 Å². The van der Waals surface area contributed by atoms with E-state index in [-0.39, 0.29) is 11.7 Å². The van der Waals surface area contributed by atoms with Crippen LogP contribution in [0.2, 0.25) is 0 Å². The summed E-state index contributed by atoms with van der Waals surface area (Å²) in [5.41, 5.74) is 4.66. The second-order valence-electron chi connectivity index (χ2n) is 5.65. The van der Waals surface area contributed by atoms with Gasteiger partial charge in [0.25, 0.3) is 0 Å². The summed E-state index contributed by atoms with van der Waals surface area (Å²) in [4.78, 5) is 0. The van der Waals surface area contributed by atoms with E-state index in [4.69, 9.17) is 0 Å². The number of likely N-dealkylation sites (N-methyl/N-ethyl adjacent to an activating group) is 1. The lowest BCUT2D eigenvalue weighted by atomic mass is 9.90. The molecule has 0 fully saturated rings. The minimum atomic E-state index is -0.107. The molecular formula is C19H24FN. The van der Waals surface area contributed by atoms with Gasteiger partial charge in [-0.25, -0.2) is 4.39 Å². The van der Waals surface area contributed by atoms with Gasteiger partial charge in [0, 0.05) is 12.5 Å². The van der Waals surface area contributed by atoms with Crippen LogP contribution in [-0.2, 0) is 6.42 Å². The fraction of sp³-hybridized carbons (Fsp3) is 0.368. The predicted molar refractivity (Wildman–Crippen MR) is 87.3 cm³/mol. The van der Waals surface area contributed by atoms with Gasteiger partial charge in [-0.2, -0.15) is 0 Å². The summed E-state index contributed by atoms with van der Waals surface area (Å²) >= 11 is 0. The van der Waals surface area contributed by atoms with Crippen molar-refractivity contribution in [3.05, 3.63) is 70.5 Å². The molecule has 1 nitrogen and oxygen atoms in total. The lowest BCUT2D eigenvalue weighted by Gasteiger charge is -2.19. The van der Waals surface area contributed by atoms with Crippen LogP contribution in [0.1, 0.15) is 35.1 Å². The Labute approximate surface area is 127 Å². The molecule has 2 aromatic rings. The van der Waals surface area contributed by atoms with Crippen LogP contribution in [0.5, 0.6) is 0 Å². The summed E-state index contributed by atoms with van der Waals surface area (Å²) < 4.78 is 14.1. The Morgan fingerprint density at radius 1 is 1.05 bits per heavy atom. The second kappa shape index (κ2) is 7.37. The van der Waals surface area contributed by atoms with Crippen molar-refractivity contribution < 1.29 is 4.39 Å². The third-order valence-electron chi connectivity index (χ3n) is 4.04. The molecule has 2 aromatic carbocycles. The first-order valence-electron chi connectivity index (χ1n) is 7.63. The molecule has 0 radical (unpaired) electrons. The molecular weight excluding hydrogens is 261 g/mol. The van der Waals surface area contributed by atoms with Crippen molar-refractivity contribution in [2.45, 2.75) is 33.1 Å². The normalized spacial score (nSPS) is 12.4. The smallest absolute Gasteiger partial charge is 0.126 e. The molecule has 2 rings (SSSR count). The molecule has 0 heterocycles. The first-order valence-corrected chi connectivity index (χ1v) is 7.63. The summed E-state index contributed by atoms with van der Waals surface area (Å²) in [6.07, 6.45) is 0.856. The number of halogens is 1. The highest BCUT2D eigenvalue weighted by Crippen LogP contribution is 2.24. The van der Waals surface area contributed by atoms with E-state index >= 15 is 0 Å². The number of benzene rings is 2. The number of hydrogen-bond acceptors (Lipinski definition) is 1. The lowest BCUT2D eigenvalue weighted by Crippen LogP contribution is -2.23. The Morgan fingerprint density at radius 3 is 2.48 bits per heavy atom. The van der Waals surface area contributed by atoms with Crippen LogP contribution >= 0.6 is 0 Å². The Kier molecular flexibility index (Phi) is 5.51. The standard InChI is InChI=1S/C19H24FN/c1-4-21-13-17(18-7-5-6-8-19(18)20)12-16-10-9-14(2)15(3)11-16/h5-11,17,21H,4,12-13H2,1-3H3. The minimum absolute atomic E-state index is 0.107. The summed E-state index contributed by atoms with van der Waals surface area (Å²) in [5, 5.41) is 3.35. The Morgan fingerprint density at radius 2 is 1.81 bits per heavy atom. The van der Waals surface area contributed by atoms with Crippen molar-refractivity contribution in [1.82, 2.24) is 5.32 Å². The monoisotopic (exact) mass is 285 g/mol. The predicted octanol–water partition coefficient (Wildman–Crippen LogP) is 4.38. The van der Waals surface area contributed by atoms with E-state index in [1.807, 2.05) is 12.1 Å². The van der Waals surface area contributed by atoms with Gasteiger partial charge in [0.2, 0.25) is 0 Å². The molecule has 0 spiro atoms. The zero-order chi connectivity index (χ0) is 15.2. The summed E-state index contributed by atoms with van der Waals surface area (Å²) in [6, 6.07) is 13.6. The number of aryl methyl sites for hydroxylation is 2. The van der Waals surface area contributed by atoms with Crippen LogP contribution in [-0.4, -0.2) is 13.1 Å².